The van der Waals surface area contributed by atoms with Crippen molar-refractivity contribution in [3.05, 3.63) is 169 Å². The number of allylic oxidation sites excluding steroid dienone is 2. The molecule has 4 aromatic carbocycles. The van der Waals surface area contributed by atoms with Crippen molar-refractivity contribution in [2.45, 2.75) is 69.7 Å². The van der Waals surface area contributed by atoms with Crippen LogP contribution < -0.4 is 31.0 Å². The Morgan fingerprint density at radius 2 is 1.17 bits per heavy atom. The molecular formula is C52H58N10O2+2. The van der Waals surface area contributed by atoms with Crippen LogP contribution >= 0.6 is 0 Å². The fraction of sp³-hybridized carbons (Fsp3) is 0.308. The largest absolute Gasteiger partial charge is 0.489 e. The van der Waals surface area contributed by atoms with E-state index in [-0.39, 0.29) is 27.1 Å². The summed E-state index contributed by atoms with van der Waals surface area (Å²) in [6.07, 6.45) is 26.8. The molecule has 4 aliphatic heterocycles. The molecule has 64 heavy (non-hydrogen) atoms. The van der Waals surface area contributed by atoms with Crippen LogP contribution in [0.15, 0.2) is 178 Å². The van der Waals surface area contributed by atoms with Crippen LogP contribution in [0.4, 0.5) is 11.4 Å². The molecule has 0 saturated heterocycles. The molecule has 4 heterocycles. The van der Waals surface area contributed by atoms with Gasteiger partial charge in [0.25, 0.3) is 0 Å². The van der Waals surface area contributed by atoms with E-state index in [9.17, 15) is 0 Å². The highest BCUT2D eigenvalue weighted by Crippen LogP contribution is 2.56. The van der Waals surface area contributed by atoms with E-state index in [1.807, 2.05) is 73.9 Å². The quantitative estimate of drug-likeness (QED) is 0.115. The normalized spacial score (nSPS) is 28.6. The average Bonchev–Trinajstić information content (AvgIpc) is 3.99. The Morgan fingerprint density at radius 1 is 0.594 bits per heavy atom. The molecule has 4 aromatic rings. The van der Waals surface area contributed by atoms with Crippen LogP contribution in [0.1, 0.15) is 56.1 Å². The second-order valence-corrected chi connectivity index (χ2v) is 17.8. The standard InChI is InChI=1S/C52H58N10O2/c53-30-40-17-19-43(20-18-40)52(60(62-26-24-56-33-49(62)35-58-39-62)46-14-8-16-51(28-46)64-37-42-11-5-2-6-12-42)29-47(22-21-44(52)31-54)59(61-25-23-55-32-48(61)34-57-38-61)45-13-7-15-50(27-45)63-36-41-9-3-1-4-10-41/h1-16,23-28,32-35,38-40,43-44,47H,17-22,29-31,36-37,53-54H2/q+2. The fourth-order valence-corrected chi connectivity index (χ4v) is 11.2. The highest BCUT2D eigenvalue weighted by atomic mass is 16.5. The lowest BCUT2D eigenvalue weighted by molar-refractivity contribution is -0.754. The number of hydrogen-bond acceptors (Lipinski definition) is 10. The molecular weight excluding hydrogens is 797 g/mol. The zero-order chi connectivity index (χ0) is 43.4. The predicted molar refractivity (Wildman–Crippen MR) is 256 cm³/mol. The minimum atomic E-state index is -0.507. The Bertz CT molecular complexity index is 2540. The first kappa shape index (κ1) is 41.6. The summed E-state index contributed by atoms with van der Waals surface area (Å²) < 4.78 is 13.7. The van der Waals surface area contributed by atoms with Crippen LogP contribution in [0.5, 0.6) is 11.5 Å². The predicted octanol–water partition coefficient (Wildman–Crippen LogP) is 9.13. The average molecular weight is 855 g/mol. The SMILES string of the molecule is NCC1CCC(C2(N(c3cccc(OCc4ccccc4)c3)[N+]34C=CN=CC3=CN=C4)CC(N(c3cccc(OCc4ccccc4)c3)[N+]34C=CN=CC3=CN=C4)CCC2CN)CC1. The van der Waals surface area contributed by atoms with Crippen LogP contribution in [0.2, 0.25) is 0 Å². The molecule has 0 radical (unpaired) electrons. The van der Waals surface area contributed by atoms with Gasteiger partial charge in [-0.2, -0.15) is 0 Å². The van der Waals surface area contributed by atoms with Crippen molar-refractivity contribution in [3.63, 3.8) is 0 Å². The maximum Gasteiger partial charge on any atom is 0.225 e. The third-order valence-electron chi connectivity index (χ3n) is 14.3. The van der Waals surface area contributed by atoms with Gasteiger partial charge in [-0.05, 0) is 98.8 Å². The molecule has 12 nitrogen and oxygen atoms in total. The molecule has 5 atom stereocenters. The van der Waals surface area contributed by atoms with Crippen molar-refractivity contribution in [3.8, 4) is 11.5 Å². The first-order valence-electron chi connectivity index (χ1n) is 22.8. The lowest BCUT2D eigenvalue weighted by atomic mass is 9.59. The molecule has 2 aliphatic carbocycles. The van der Waals surface area contributed by atoms with E-state index < -0.39 is 5.54 Å². The van der Waals surface area contributed by atoms with Gasteiger partial charge in [-0.1, -0.05) is 72.8 Å². The minimum absolute atomic E-state index is 0.00359. The van der Waals surface area contributed by atoms with Crippen LogP contribution in [-0.4, -0.2) is 59.0 Å². The molecule has 0 amide bonds. The maximum absolute atomic E-state index is 7.16. The third kappa shape index (κ3) is 7.60. The highest BCUT2D eigenvalue weighted by Gasteiger charge is 2.63. The Hall–Kier alpha value is -6.44. The summed E-state index contributed by atoms with van der Waals surface area (Å²) in [5.74, 6) is 2.47. The number of hydrogen-bond donors (Lipinski definition) is 2. The van der Waals surface area contributed by atoms with Gasteiger partial charge in [0, 0.05) is 24.5 Å². The summed E-state index contributed by atoms with van der Waals surface area (Å²) >= 11 is 0. The highest BCUT2D eigenvalue weighted by molar-refractivity contribution is 5.83. The molecule has 4 N–H and O–H groups in total. The number of nitrogens with zero attached hydrogens (tertiary/aromatic N) is 8. The van der Waals surface area contributed by atoms with Gasteiger partial charge in [0.1, 0.15) is 30.3 Å². The lowest BCUT2D eigenvalue weighted by Crippen LogP contribution is -2.75. The van der Waals surface area contributed by atoms with Crippen molar-refractivity contribution < 1.29 is 18.7 Å². The van der Waals surface area contributed by atoms with E-state index >= 15 is 0 Å². The van der Waals surface area contributed by atoms with Crippen molar-refractivity contribution in [1.82, 2.24) is 0 Å². The molecule has 2 fully saturated rings. The number of quaternary nitrogens is 2. The monoisotopic (exact) mass is 854 g/mol. The summed E-state index contributed by atoms with van der Waals surface area (Å²) in [6, 6.07) is 37.8. The van der Waals surface area contributed by atoms with Crippen LogP contribution in [0, 0.1) is 17.8 Å². The summed E-state index contributed by atoms with van der Waals surface area (Å²) in [5, 5.41) is 5.20. The summed E-state index contributed by atoms with van der Waals surface area (Å²) in [5.41, 5.74) is 19.3. The van der Waals surface area contributed by atoms with Crippen LogP contribution in [-0.2, 0) is 13.2 Å². The van der Waals surface area contributed by atoms with Gasteiger partial charge in [0.05, 0.1) is 54.6 Å². The van der Waals surface area contributed by atoms with Crippen molar-refractivity contribution >= 4 is 36.5 Å². The molecule has 0 spiro atoms. The number of benzene rings is 4. The van der Waals surface area contributed by atoms with E-state index in [2.05, 4.69) is 118 Å². The number of ether oxygens (including phenoxy) is 2. The van der Waals surface area contributed by atoms with E-state index in [0.29, 0.717) is 32.2 Å². The second kappa shape index (κ2) is 18.0. The number of aliphatic imine (C=N–C) groups is 4. The second-order valence-electron chi connectivity index (χ2n) is 17.8. The summed E-state index contributed by atoms with van der Waals surface area (Å²) in [4.78, 5) is 19.0. The molecule has 0 aromatic heterocycles. The fourth-order valence-electron chi connectivity index (χ4n) is 11.2. The number of nitrogens with two attached hydrogens (primary N) is 2. The topological polar surface area (TPSA) is 126 Å². The molecule has 6 aliphatic rings. The van der Waals surface area contributed by atoms with Gasteiger partial charge >= 0.3 is 0 Å². The molecule has 5 unspecified atom stereocenters. The van der Waals surface area contributed by atoms with E-state index in [4.69, 9.17) is 30.9 Å². The van der Waals surface area contributed by atoms with Crippen LogP contribution in [0.25, 0.3) is 0 Å². The Morgan fingerprint density at radius 3 is 1.80 bits per heavy atom. The molecule has 326 valence electrons. The van der Waals surface area contributed by atoms with Gasteiger partial charge in [-0.15, -0.1) is 9.18 Å². The maximum atomic E-state index is 7.16. The van der Waals surface area contributed by atoms with Gasteiger partial charge in [-0.25, -0.2) is 20.0 Å². The minimum Gasteiger partial charge on any atom is -0.489 e. The Kier molecular flexibility index (Phi) is 11.7. The van der Waals surface area contributed by atoms with E-state index in [1.54, 1.807) is 0 Å². The summed E-state index contributed by atoms with van der Waals surface area (Å²) in [6.45, 7) is 2.16. The molecule has 12 heteroatoms. The zero-order valence-corrected chi connectivity index (χ0v) is 36.3. The van der Waals surface area contributed by atoms with Crippen molar-refractivity contribution in [1.29, 1.82) is 0 Å². The van der Waals surface area contributed by atoms with Gasteiger partial charge in [-0.3, -0.25) is 9.98 Å². The van der Waals surface area contributed by atoms with E-state index in [0.717, 1.165) is 90.3 Å². The molecule has 2 saturated carbocycles. The van der Waals surface area contributed by atoms with Gasteiger partial charge in [0.15, 0.2) is 12.4 Å². The Labute approximate surface area is 376 Å². The first-order valence-corrected chi connectivity index (χ1v) is 22.8. The van der Waals surface area contributed by atoms with Gasteiger partial charge < -0.3 is 20.9 Å². The third-order valence-corrected chi connectivity index (χ3v) is 14.3. The Balaban J connectivity index is 1.13. The zero-order valence-electron chi connectivity index (χ0n) is 36.3. The summed E-state index contributed by atoms with van der Waals surface area (Å²) in [7, 11) is 0. The van der Waals surface area contributed by atoms with Crippen molar-refractivity contribution in [2.75, 3.05) is 23.1 Å². The number of fused-ring (bicyclic) bond motifs is 2. The number of anilines is 2. The molecule has 10 rings (SSSR count). The van der Waals surface area contributed by atoms with Crippen molar-refractivity contribution in [2.24, 2.45) is 49.2 Å². The number of rotatable bonds is 15. The van der Waals surface area contributed by atoms with Crippen LogP contribution in [0.3, 0.4) is 0 Å². The first-order chi connectivity index (χ1) is 31.5. The molecule has 0 bridgehead atoms. The van der Waals surface area contributed by atoms with E-state index in [1.165, 1.54) is 0 Å². The lowest BCUT2D eigenvalue weighted by Gasteiger charge is -2.61. The smallest absolute Gasteiger partial charge is 0.225 e. The van der Waals surface area contributed by atoms with Gasteiger partial charge in [0.2, 0.25) is 24.1 Å².